The molecule has 7 heteroatoms. The summed E-state index contributed by atoms with van der Waals surface area (Å²) in [5.74, 6) is -1.02. The Labute approximate surface area is 116 Å². The second-order valence-electron chi connectivity index (χ2n) is 5.40. The zero-order valence-corrected chi connectivity index (χ0v) is 13.7. The van der Waals surface area contributed by atoms with Crippen LogP contribution in [0.4, 0.5) is 0 Å². The monoisotopic (exact) mass is 334 g/mol. The molecule has 0 unspecified atom stereocenters. The van der Waals surface area contributed by atoms with Crippen molar-refractivity contribution in [3.8, 4) is 0 Å². The first-order chi connectivity index (χ1) is 8.22. The van der Waals surface area contributed by atoms with Gasteiger partial charge in [0.25, 0.3) is 0 Å². The van der Waals surface area contributed by atoms with Crippen molar-refractivity contribution in [1.82, 2.24) is 9.55 Å². The Kier molecular flexibility index (Phi) is 5.12. The molecule has 0 aliphatic carbocycles. The summed E-state index contributed by atoms with van der Waals surface area (Å²) >= 11 is 3.25. The van der Waals surface area contributed by atoms with Crippen molar-refractivity contribution >= 4 is 30.0 Å². The van der Waals surface area contributed by atoms with Crippen LogP contribution >= 0.6 is 15.9 Å². The molecule has 0 aromatic carbocycles. The van der Waals surface area contributed by atoms with Crippen LogP contribution < -0.4 is 0 Å². The highest BCUT2D eigenvalue weighted by Crippen LogP contribution is 2.17. The number of hydrogen-bond acceptors (Lipinski definition) is 3. The van der Waals surface area contributed by atoms with Gasteiger partial charge in [-0.15, -0.1) is 0 Å². The van der Waals surface area contributed by atoms with E-state index in [0.717, 1.165) is 6.04 Å². The van der Waals surface area contributed by atoms with Gasteiger partial charge in [-0.3, -0.25) is 4.57 Å². The predicted molar refractivity (Wildman–Crippen MR) is 75.7 cm³/mol. The number of aromatic nitrogens is 2. The van der Waals surface area contributed by atoms with Crippen molar-refractivity contribution in [2.75, 3.05) is 6.61 Å². The summed E-state index contributed by atoms with van der Waals surface area (Å²) in [6.07, 6.45) is 0. The molecule has 0 saturated heterocycles. The quantitative estimate of drug-likeness (QED) is 0.641. The number of carboxylic acid groups (broad SMARTS) is 1. The fourth-order valence-electron chi connectivity index (χ4n) is 1.39. The first-order valence-corrected chi connectivity index (χ1v) is 10.3. The van der Waals surface area contributed by atoms with Gasteiger partial charge in [-0.1, -0.05) is 19.6 Å². The van der Waals surface area contributed by atoms with E-state index in [1.54, 1.807) is 11.5 Å². The van der Waals surface area contributed by atoms with E-state index in [-0.39, 0.29) is 5.69 Å². The highest BCUT2D eigenvalue weighted by molar-refractivity contribution is 9.10. The first-order valence-electron chi connectivity index (χ1n) is 5.76. The molecule has 0 bridgehead atoms. The summed E-state index contributed by atoms with van der Waals surface area (Å²) in [7, 11) is -1.09. The molecule has 102 valence electrons. The van der Waals surface area contributed by atoms with Crippen LogP contribution in [0.3, 0.4) is 0 Å². The SMILES string of the molecule is Cc1c(C(=O)O)nc(Br)n1COCC[Si](C)(C)C. The maximum absolute atomic E-state index is 10.9. The van der Waals surface area contributed by atoms with Gasteiger partial charge in [0.05, 0.1) is 5.69 Å². The van der Waals surface area contributed by atoms with E-state index in [1.807, 2.05) is 0 Å². The second-order valence-corrected chi connectivity index (χ2v) is 11.7. The van der Waals surface area contributed by atoms with E-state index in [9.17, 15) is 4.79 Å². The summed E-state index contributed by atoms with van der Waals surface area (Å²) < 4.78 is 7.79. The molecule has 0 radical (unpaired) electrons. The standard InChI is InChI=1S/C11H19BrN2O3Si/c1-8-9(10(15)16)13-11(12)14(8)7-17-5-6-18(2,3)4/h5-7H2,1-4H3,(H,15,16). The number of ether oxygens (including phenoxy) is 1. The van der Waals surface area contributed by atoms with Crippen molar-refractivity contribution in [3.63, 3.8) is 0 Å². The Balaban J connectivity index is 2.60. The Morgan fingerprint density at radius 3 is 2.56 bits per heavy atom. The van der Waals surface area contributed by atoms with Gasteiger partial charge < -0.3 is 9.84 Å². The van der Waals surface area contributed by atoms with Gasteiger partial charge in [0.15, 0.2) is 10.4 Å². The molecule has 1 aromatic heterocycles. The molecule has 0 fully saturated rings. The van der Waals surface area contributed by atoms with Crippen molar-refractivity contribution in [2.45, 2.75) is 39.3 Å². The van der Waals surface area contributed by atoms with Gasteiger partial charge in [-0.2, -0.15) is 0 Å². The average molecular weight is 335 g/mol. The smallest absolute Gasteiger partial charge is 0.356 e. The number of imidazole rings is 1. The maximum Gasteiger partial charge on any atom is 0.356 e. The Hall–Kier alpha value is -0.663. The lowest BCUT2D eigenvalue weighted by atomic mass is 10.3. The minimum Gasteiger partial charge on any atom is -0.476 e. The van der Waals surface area contributed by atoms with Gasteiger partial charge in [0.1, 0.15) is 6.73 Å². The summed E-state index contributed by atoms with van der Waals surface area (Å²) in [4.78, 5) is 14.9. The second kappa shape index (κ2) is 5.99. The molecule has 1 aromatic rings. The Bertz CT molecular complexity index is 440. The number of rotatable bonds is 6. The van der Waals surface area contributed by atoms with E-state index in [4.69, 9.17) is 9.84 Å². The van der Waals surface area contributed by atoms with Crippen LogP contribution in [0.5, 0.6) is 0 Å². The fraction of sp³-hybridized carbons (Fsp3) is 0.636. The van der Waals surface area contributed by atoms with Gasteiger partial charge in [0, 0.05) is 14.7 Å². The fourth-order valence-corrected chi connectivity index (χ4v) is 2.69. The van der Waals surface area contributed by atoms with E-state index >= 15 is 0 Å². The Morgan fingerprint density at radius 2 is 2.11 bits per heavy atom. The summed E-state index contributed by atoms with van der Waals surface area (Å²) in [6.45, 7) is 9.62. The summed E-state index contributed by atoms with van der Waals surface area (Å²) in [5, 5.41) is 8.95. The number of carboxylic acids is 1. The lowest BCUT2D eigenvalue weighted by Crippen LogP contribution is -2.22. The third-order valence-electron chi connectivity index (χ3n) is 2.59. The lowest BCUT2D eigenvalue weighted by Gasteiger charge is -2.16. The number of nitrogens with zero attached hydrogens (tertiary/aromatic N) is 2. The van der Waals surface area contributed by atoms with E-state index in [2.05, 4.69) is 40.6 Å². The van der Waals surface area contributed by atoms with Gasteiger partial charge in [-0.25, -0.2) is 9.78 Å². The number of halogens is 1. The molecule has 1 rings (SSSR count). The van der Waals surface area contributed by atoms with Crippen LogP contribution in [0.2, 0.25) is 25.7 Å². The highest BCUT2D eigenvalue weighted by Gasteiger charge is 2.18. The zero-order valence-electron chi connectivity index (χ0n) is 11.2. The van der Waals surface area contributed by atoms with Crippen molar-refractivity contribution in [2.24, 2.45) is 0 Å². The molecule has 0 amide bonds. The molecule has 0 saturated carbocycles. The normalized spacial score (nSPS) is 11.8. The summed E-state index contributed by atoms with van der Waals surface area (Å²) in [6, 6.07) is 1.09. The number of carbonyl (C=O) groups is 1. The average Bonchev–Trinajstić information content (AvgIpc) is 2.49. The third kappa shape index (κ3) is 4.22. The van der Waals surface area contributed by atoms with Gasteiger partial charge >= 0.3 is 5.97 Å². The highest BCUT2D eigenvalue weighted by atomic mass is 79.9. The molecular weight excluding hydrogens is 316 g/mol. The minimum atomic E-state index is -1.09. The Morgan fingerprint density at radius 1 is 1.50 bits per heavy atom. The first kappa shape index (κ1) is 15.4. The van der Waals surface area contributed by atoms with Crippen LogP contribution in [0.1, 0.15) is 16.2 Å². The van der Waals surface area contributed by atoms with E-state index in [1.165, 1.54) is 0 Å². The van der Waals surface area contributed by atoms with Crippen molar-refractivity contribution in [1.29, 1.82) is 0 Å². The van der Waals surface area contributed by atoms with Crippen LogP contribution in [0.25, 0.3) is 0 Å². The molecule has 0 aliphatic heterocycles. The molecule has 5 nitrogen and oxygen atoms in total. The lowest BCUT2D eigenvalue weighted by molar-refractivity contribution is 0.0687. The number of aromatic carboxylic acids is 1. The van der Waals surface area contributed by atoms with Crippen molar-refractivity contribution < 1.29 is 14.6 Å². The van der Waals surface area contributed by atoms with Crippen molar-refractivity contribution in [3.05, 3.63) is 16.1 Å². The topological polar surface area (TPSA) is 64.3 Å². The van der Waals surface area contributed by atoms with Crippen LogP contribution in [0, 0.1) is 6.92 Å². The largest absolute Gasteiger partial charge is 0.476 e. The maximum atomic E-state index is 10.9. The molecule has 0 aliphatic rings. The van der Waals surface area contributed by atoms with Crippen LogP contribution in [-0.2, 0) is 11.5 Å². The predicted octanol–water partition coefficient (Wildman–Crippen LogP) is 2.96. The molecular formula is C11H19BrN2O3Si. The van der Waals surface area contributed by atoms with E-state index < -0.39 is 14.0 Å². The molecule has 18 heavy (non-hydrogen) atoms. The van der Waals surface area contributed by atoms with Crippen LogP contribution in [-0.4, -0.2) is 35.3 Å². The number of hydrogen-bond donors (Lipinski definition) is 1. The molecule has 1 N–H and O–H groups in total. The van der Waals surface area contributed by atoms with Gasteiger partial charge in [-0.05, 0) is 28.9 Å². The van der Waals surface area contributed by atoms with E-state index in [0.29, 0.717) is 23.8 Å². The van der Waals surface area contributed by atoms with Gasteiger partial charge in [0.2, 0.25) is 0 Å². The third-order valence-corrected chi connectivity index (χ3v) is 4.90. The molecule has 0 spiro atoms. The summed E-state index contributed by atoms with van der Waals surface area (Å²) in [5.41, 5.74) is 0.665. The molecule has 0 atom stereocenters. The molecule has 1 heterocycles. The minimum absolute atomic E-state index is 0.0654. The zero-order chi connectivity index (χ0) is 13.9. The van der Waals surface area contributed by atoms with Crippen LogP contribution in [0.15, 0.2) is 4.73 Å².